The summed E-state index contributed by atoms with van der Waals surface area (Å²) >= 11 is 0. The Hall–Kier alpha value is -2.36. The third kappa shape index (κ3) is 3.40. The second-order valence-corrected chi connectivity index (χ2v) is 5.53. The third-order valence-electron chi connectivity index (χ3n) is 3.73. The molecule has 0 aliphatic heterocycles. The van der Waals surface area contributed by atoms with Gasteiger partial charge in [-0.15, -0.1) is 0 Å². The first-order chi connectivity index (χ1) is 10.2. The molecule has 0 unspecified atom stereocenters. The molecule has 4 heteroatoms. The number of hydrogen-bond acceptors (Lipinski definition) is 2. The molecule has 0 fully saturated rings. The van der Waals surface area contributed by atoms with E-state index in [-0.39, 0.29) is 0 Å². The quantitative estimate of drug-likeness (QED) is 0.671. The first kappa shape index (κ1) is 13.6. The number of nitrogens with zero attached hydrogens (tertiary/aromatic N) is 2. The lowest BCUT2D eigenvalue weighted by molar-refractivity contribution is 0.912. The van der Waals surface area contributed by atoms with Gasteiger partial charge < -0.3 is 11.1 Å². The van der Waals surface area contributed by atoms with Crippen LogP contribution in [-0.2, 0) is 19.4 Å². The number of fused-ring (bicyclic) bond motifs is 1. The Morgan fingerprint density at radius 1 is 1.24 bits per heavy atom. The van der Waals surface area contributed by atoms with E-state index in [9.17, 15) is 0 Å². The Labute approximate surface area is 125 Å². The zero-order valence-electron chi connectivity index (χ0n) is 12.3. The van der Waals surface area contributed by atoms with E-state index in [4.69, 9.17) is 5.73 Å². The Morgan fingerprint density at radius 2 is 2.10 bits per heavy atom. The van der Waals surface area contributed by atoms with Crippen LogP contribution < -0.4 is 11.1 Å². The molecule has 1 aliphatic rings. The number of nitrogens with two attached hydrogens (primary N) is 1. The number of benzene rings is 1. The SMILES string of the molecule is Cc1cncc(CN=C(N)Nc2ccc3c(c2)CCC3)c1. The standard InChI is InChI=1S/C17H20N4/c1-12-7-13(10-19-9-12)11-20-17(18)21-16-6-5-14-3-2-4-15(14)8-16/h5-10H,2-4,11H2,1H3,(H3,18,20,21). The molecule has 0 amide bonds. The van der Waals surface area contributed by atoms with Gasteiger partial charge in [-0.2, -0.15) is 0 Å². The lowest BCUT2D eigenvalue weighted by atomic mass is 10.1. The van der Waals surface area contributed by atoms with Crippen LogP contribution in [0.5, 0.6) is 0 Å². The van der Waals surface area contributed by atoms with Crippen molar-refractivity contribution in [1.82, 2.24) is 4.98 Å². The van der Waals surface area contributed by atoms with Crippen molar-refractivity contribution < 1.29 is 0 Å². The molecule has 4 nitrogen and oxygen atoms in total. The summed E-state index contributed by atoms with van der Waals surface area (Å²) in [6, 6.07) is 8.50. The minimum atomic E-state index is 0.439. The summed E-state index contributed by atoms with van der Waals surface area (Å²) in [7, 11) is 0. The van der Waals surface area contributed by atoms with Crippen molar-refractivity contribution in [3.8, 4) is 0 Å². The molecule has 0 radical (unpaired) electrons. The average Bonchev–Trinajstić information content (AvgIpc) is 2.93. The molecular formula is C17H20N4. The molecule has 1 aliphatic carbocycles. The van der Waals surface area contributed by atoms with E-state index in [1.165, 1.54) is 24.0 Å². The second kappa shape index (κ2) is 5.95. The minimum absolute atomic E-state index is 0.439. The van der Waals surface area contributed by atoms with E-state index < -0.39 is 0 Å². The number of rotatable bonds is 3. The Balaban J connectivity index is 1.65. The van der Waals surface area contributed by atoms with Gasteiger partial charge in [0.05, 0.1) is 6.54 Å². The fraction of sp³-hybridized carbons (Fsp3) is 0.294. The molecule has 2 aromatic rings. The average molecular weight is 280 g/mol. The fourth-order valence-electron chi connectivity index (χ4n) is 2.72. The number of aryl methyl sites for hydroxylation is 3. The summed E-state index contributed by atoms with van der Waals surface area (Å²) in [5.41, 5.74) is 12.1. The molecule has 0 bridgehead atoms. The van der Waals surface area contributed by atoms with E-state index in [1.807, 2.05) is 19.3 Å². The van der Waals surface area contributed by atoms with Gasteiger partial charge in [-0.3, -0.25) is 4.98 Å². The number of anilines is 1. The molecule has 21 heavy (non-hydrogen) atoms. The van der Waals surface area contributed by atoms with Crippen molar-refractivity contribution in [3.05, 3.63) is 58.9 Å². The summed E-state index contributed by atoms with van der Waals surface area (Å²) in [6.45, 7) is 2.56. The first-order valence-electron chi connectivity index (χ1n) is 7.30. The van der Waals surface area contributed by atoms with Gasteiger partial charge in [-0.25, -0.2) is 4.99 Å². The van der Waals surface area contributed by atoms with Crippen molar-refractivity contribution >= 4 is 11.6 Å². The van der Waals surface area contributed by atoms with Crippen LogP contribution in [-0.4, -0.2) is 10.9 Å². The summed E-state index contributed by atoms with van der Waals surface area (Å²) in [6.07, 6.45) is 7.26. The molecule has 3 rings (SSSR count). The van der Waals surface area contributed by atoms with Crippen LogP contribution in [0.25, 0.3) is 0 Å². The number of aromatic nitrogens is 1. The van der Waals surface area contributed by atoms with E-state index >= 15 is 0 Å². The number of nitrogens with one attached hydrogen (secondary N) is 1. The first-order valence-corrected chi connectivity index (χ1v) is 7.30. The van der Waals surface area contributed by atoms with Crippen LogP contribution in [0.4, 0.5) is 5.69 Å². The summed E-state index contributed by atoms with van der Waals surface area (Å²) < 4.78 is 0. The Bertz CT molecular complexity index is 676. The highest BCUT2D eigenvalue weighted by atomic mass is 15.1. The summed E-state index contributed by atoms with van der Waals surface area (Å²) in [4.78, 5) is 8.52. The number of aliphatic imine (C=N–C) groups is 1. The molecule has 0 spiro atoms. The van der Waals surface area contributed by atoms with E-state index in [2.05, 4.69) is 39.6 Å². The zero-order chi connectivity index (χ0) is 14.7. The summed E-state index contributed by atoms with van der Waals surface area (Å²) in [5, 5.41) is 3.16. The maximum atomic E-state index is 5.96. The molecule has 1 heterocycles. The predicted molar refractivity (Wildman–Crippen MR) is 86.4 cm³/mol. The van der Waals surface area contributed by atoms with Crippen LogP contribution in [0.1, 0.15) is 28.7 Å². The molecule has 0 atom stereocenters. The lowest BCUT2D eigenvalue weighted by Gasteiger charge is -2.08. The molecule has 108 valence electrons. The fourth-order valence-corrected chi connectivity index (χ4v) is 2.72. The largest absolute Gasteiger partial charge is 0.370 e. The van der Waals surface area contributed by atoms with Gasteiger partial charge in [0.2, 0.25) is 0 Å². The van der Waals surface area contributed by atoms with Gasteiger partial charge >= 0.3 is 0 Å². The van der Waals surface area contributed by atoms with Crippen LogP contribution in [0.3, 0.4) is 0 Å². The van der Waals surface area contributed by atoms with Gasteiger partial charge in [0.15, 0.2) is 5.96 Å². The van der Waals surface area contributed by atoms with E-state index in [0.29, 0.717) is 12.5 Å². The second-order valence-electron chi connectivity index (χ2n) is 5.53. The smallest absolute Gasteiger partial charge is 0.193 e. The molecule has 1 aromatic heterocycles. The summed E-state index contributed by atoms with van der Waals surface area (Å²) in [5.74, 6) is 0.439. The number of hydrogen-bond donors (Lipinski definition) is 2. The van der Waals surface area contributed by atoms with Crippen molar-refractivity contribution in [2.24, 2.45) is 10.7 Å². The van der Waals surface area contributed by atoms with Gasteiger partial charge in [0.25, 0.3) is 0 Å². The maximum absolute atomic E-state index is 5.96. The molecule has 0 saturated carbocycles. The monoisotopic (exact) mass is 280 g/mol. The molecule has 3 N–H and O–H groups in total. The van der Waals surface area contributed by atoms with Gasteiger partial charge in [-0.1, -0.05) is 12.1 Å². The van der Waals surface area contributed by atoms with Crippen molar-refractivity contribution in [3.63, 3.8) is 0 Å². The van der Waals surface area contributed by atoms with Crippen molar-refractivity contribution in [2.45, 2.75) is 32.7 Å². The normalized spacial score (nSPS) is 14.0. The van der Waals surface area contributed by atoms with Crippen LogP contribution in [0, 0.1) is 6.92 Å². The van der Waals surface area contributed by atoms with E-state index in [1.54, 1.807) is 0 Å². The van der Waals surface area contributed by atoms with Gasteiger partial charge in [0.1, 0.15) is 0 Å². The third-order valence-corrected chi connectivity index (χ3v) is 3.73. The topological polar surface area (TPSA) is 63.3 Å². The molecule has 0 saturated heterocycles. The Kier molecular flexibility index (Phi) is 3.86. The molecule has 1 aromatic carbocycles. The number of guanidine groups is 1. The zero-order valence-corrected chi connectivity index (χ0v) is 12.3. The van der Waals surface area contributed by atoms with Gasteiger partial charge in [-0.05, 0) is 60.6 Å². The minimum Gasteiger partial charge on any atom is -0.370 e. The van der Waals surface area contributed by atoms with Crippen LogP contribution in [0.2, 0.25) is 0 Å². The Morgan fingerprint density at radius 3 is 2.95 bits per heavy atom. The van der Waals surface area contributed by atoms with Crippen molar-refractivity contribution in [1.29, 1.82) is 0 Å². The van der Waals surface area contributed by atoms with Crippen LogP contribution >= 0.6 is 0 Å². The lowest BCUT2D eigenvalue weighted by Crippen LogP contribution is -2.22. The highest BCUT2D eigenvalue weighted by Crippen LogP contribution is 2.24. The van der Waals surface area contributed by atoms with E-state index in [0.717, 1.165) is 23.2 Å². The van der Waals surface area contributed by atoms with Crippen LogP contribution in [0.15, 0.2) is 41.7 Å². The van der Waals surface area contributed by atoms with Crippen molar-refractivity contribution in [2.75, 3.05) is 5.32 Å². The maximum Gasteiger partial charge on any atom is 0.193 e. The van der Waals surface area contributed by atoms with Gasteiger partial charge in [0, 0.05) is 18.1 Å². The molecular weight excluding hydrogens is 260 g/mol. The predicted octanol–water partition coefficient (Wildman–Crippen LogP) is 2.81. The highest BCUT2D eigenvalue weighted by Gasteiger charge is 2.10. The highest BCUT2D eigenvalue weighted by molar-refractivity contribution is 5.92. The number of pyridine rings is 1.